The van der Waals surface area contributed by atoms with Crippen molar-refractivity contribution >= 4 is 17.1 Å². The normalized spacial score (nSPS) is 10.0. The van der Waals surface area contributed by atoms with Crippen LogP contribution in [0.2, 0.25) is 5.02 Å². The van der Waals surface area contributed by atoms with Crippen LogP contribution < -0.4 is 0 Å². The number of hydrogen-bond donors (Lipinski definition) is 0. The molecule has 0 bridgehead atoms. The Kier molecular flexibility index (Phi) is 1.49. The van der Waals surface area contributed by atoms with Crippen molar-refractivity contribution < 1.29 is 0 Å². The Hall–Kier alpha value is -1.53. The van der Waals surface area contributed by atoms with Crippen LogP contribution in [0.25, 0.3) is 5.52 Å². The number of imidazole rings is 1. The molecule has 0 spiro atoms. The smallest absolute Gasteiger partial charge is 0.103 e. The molecule has 0 radical (unpaired) electrons. The number of pyridine rings is 1. The van der Waals surface area contributed by atoms with Crippen LogP contribution in [0.5, 0.6) is 0 Å². The van der Waals surface area contributed by atoms with Crippen LogP contribution in [0.3, 0.4) is 0 Å². The topological polar surface area (TPSA) is 41.1 Å². The van der Waals surface area contributed by atoms with Gasteiger partial charge >= 0.3 is 0 Å². The van der Waals surface area contributed by atoms with E-state index in [-0.39, 0.29) is 0 Å². The molecule has 12 heavy (non-hydrogen) atoms. The minimum absolute atomic E-state index is 0.463. The molecule has 4 heteroatoms. The molecule has 0 saturated carbocycles. The van der Waals surface area contributed by atoms with Gasteiger partial charge in [-0.3, -0.25) is 0 Å². The average Bonchev–Trinajstić information content (AvgIpc) is 2.52. The maximum atomic E-state index is 8.76. The number of nitrogens with zero attached hydrogens (tertiary/aromatic N) is 3. The third-order valence-electron chi connectivity index (χ3n) is 1.65. The standard InChI is InChI=1S/C8H4ClN3/c9-7-1-2-12-5-11-4-8(12)6(7)3-10/h1-2,4-5H. The van der Waals surface area contributed by atoms with E-state index in [0.29, 0.717) is 10.6 Å². The van der Waals surface area contributed by atoms with E-state index < -0.39 is 0 Å². The monoisotopic (exact) mass is 177 g/mol. The number of halogens is 1. The van der Waals surface area contributed by atoms with Crippen molar-refractivity contribution in [3.8, 4) is 6.07 Å². The fourth-order valence-electron chi connectivity index (χ4n) is 1.08. The highest BCUT2D eigenvalue weighted by Crippen LogP contribution is 2.19. The second kappa shape index (κ2) is 2.50. The van der Waals surface area contributed by atoms with E-state index in [2.05, 4.69) is 4.98 Å². The minimum atomic E-state index is 0.463. The summed E-state index contributed by atoms with van der Waals surface area (Å²) in [5.74, 6) is 0. The molecule has 0 amide bonds. The second-order valence-corrected chi connectivity index (χ2v) is 2.74. The van der Waals surface area contributed by atoms with Gasteiger partial charge in [0.25, 0.3) is 0 Å². The number of nitriles is 1. The third kappa shape index (κ3) is 0.858. The van der Waals surface area contributed by atoms with Crippen LogP contribution in [0, 0.1) is 11.3 Å². The Morgan fingerprint density at radius 2 is 2.42 bits per heavy atom. The maximum Gasteiger partial charge on any atom is 0.103 e. The van der Waals surface area contributed by atoms with Crippen molar-refractivity contribution in [3.63, 3.8) is 0 Å². The molecular formula is C8H4ClN3. The summed E-state index contributed by atoms with van der Waals surface area (Å²) in [5, 5.41) is 9.22. The summed E-state index contributed by atoms with van der Waals surface area (Å²) in [7, 11) is 0. The van der Waals surface area contributed by atoms with Gasteiger partial charge in [0, 0.05) is 6.20 Å². The van der Waals surface area contributed by atoms with Crippen molar-refractivity contribution in [1.29, 1.82) is 5.26 Å². The first kappa shape index (κ1) is 7.14. The minimum Gasteiger partial charge on any atom is -0.305 e. The van der Waals surface area contributed by atoms with Gasteiger partial charge in [0.05, 0.1) is 28.6 Å². The molecule has 0 unspecified atom stereocenters. The van der Waals surface area contributed by atoms with Crippen molar-refractivity contribution in [2.75, 3.05) is 0 Å². The summed E-state index contributed by atoms with van der Waals surface area (Å²) >= 11 is 5.80. The highest BCUT2D eigenvalue weighted by atomic mass is 35.5. The molecular weight excluding hydrogens is 174 g/mol. The predicted octanol–water partition coefficient (Wildman–Crippen LogP) is 1.86. The van der Waals surface area contributed by atoms with Crippen LogP contribution >= 0.6 is 11.6 Å². The first-order valence-corrected chi connectivity index (χ1v) is 3.71. The van der Waals surface area contributed by atoms with E-state index in [0.717, 1.165) is 5.52 Å². The Balaban J connectivity index is 2.94. The summed E-state index contributed by atoms with van der Waals surface area (Å²) in [6, 6.07) is 3.71. The SMILES string of the molecule is N#Cc1c(Cl)ccn2cncc12. The van der Waals surface area contributed by atoms with Gasteiger partial charge in [-0.15, -0.1) is 0 Å². The Morgan fingerprint density at radius 1 is 1.58 bits per heavy atom. The number of hydrogen-bond acceptors (Lipinski definition) is 2. The molecule has 2 aromatic rings. The third-order valence-corrected chi connectivity index (χ3v) is 1.97. The lowest BCUT2D eigenvalue weighted by molar-refractivity contribution is 1.15. The molecule has 0 aliphatic carbocycles. The van der Waals surface area contributed by atoms with Crippen LogP contribution in [-0.2, 0) is 0 Å². The van der Waals surface area contributed by atoms with Crippen molar-refractivity contribution in [3.05, 3.63) is 35.4 Å². The quantitative estimate of drug-likeness (QED) is 0.616. The molecule has 2 heterocycles. The fraction of sp³-hybridized carbons (Fsp3) is 0. The molecule has 0 aliphatic heterocycles. The summed E-state index contributed by atoms with van der Waals surface area (Å²) in [6.45, 7) is 0. The van der Waals surface area contributed by atoms with Gasteiger partial charge in [-0.1, -0.05) is 11.6 Å². The van der Waals surface area contributed by atoms with E-state index >= 15 is 0 Å². The zero-order valence-corrected chi connectivity index (χ0v) is 6.78. The Morgan fingerprint density at radius 3 is 3.17 bits per heavy atom. The van der Waals surface area contributed by atoms with Crippen LogP contribution in [-0.4, -0.2) is 9.38 Å². The zero-order valence-electron chi connectivity index (χ0n) is 6.03. The van der Waals surface area contributed by atoms with E-state index in [1.807, 2.05) is 6.07 Å². The molecule has 0 aromatic carbocycles. The molecule has 0 fully saturated rings. The first-order valence-electron chi connectivity index (χ1n) is 3.33. The lowest BCUT2D eigenvalue weighted by Gasteiger charge is -1.96. The van der Waals surface area contributed by atoms with Crippen molar-refractivity contribution in [2.24, 2.45) is 0 Å². The average molecular weight is 178 g/mol. The lowest BCUT2D eigenvalue weighted by atomic mass is 10.2. The molecule has 2 aromatic heterocycles. The van der Waals surface area contributed by atoms with Gasteiger partial charge in [0.2, 0.25) is 0 Å². The lowest BCUT2D eigenvalue weighted by Crippen LogP contribution is -1.85. The van der Waals surface area contributed by atoms with E-state index in [1.54, 1.807) is 29.2 Å². The van der Waals surface area contributed by atoms with E-state index in [4.69, 9.17) is 16.9 Å². The predicted molar refractivity (Wildman–Crippen MR) is 44.9 cm³/mol. The van der Waals surface area contributed by atoms with E-state index in [1.165, 1.54) is 0 Å². The van der Waals surface area contributed by atoms with Crippen LogP contribution in [0.4, 0.5) is 0 Å². The van der Waals surface area contributed by atoms with Crippen molar-refractivity contribution in [2.45, 2.75) is 0 Å². The largest absolute Gasteiger partial charge is 0.305 e. The van der Waals surface area contributed by atoms with Crippen LogP contribution in [0.15, 0.2) is 24.8 Å². The summed E-state index contributed by atoms with van der Waals surface area (Å²) in [5.41, 5.74) is 1.21. The van der Waals surface area contributed by atoms with E-state index in [9.17, 15) is 0 Å². The molecule has 2 rings (SSSR count). The highest BCUT2D eigenvalue weighted by Gasteiger charge is 2.04. The molecule has 58 valence electrons. The van der Waals surface area contributed by atoms with Gasteiger partial charge in [0.15, 0.2) is 0 Å². The van der Waals surface area contributed by atoms with Crippen molar-refractivity contribution in [1.82, 2.24) is 9.38 Å². The van der Waals surface area contributed by atoms with Gasteiger partial charge < -0.3 is 4.40 Å². The second-order valence-electron chi connectivity index (χ2n) is 2.34. The summed E-state index contributed by atoms with van der Waals surface area (Å²) in [6.07, 6.45) is 5.02. The number of rotatable bonds is 0. The Labute approximate surface area is 73.8 Å². The number of aromatic nitrogens is 2. The van der Waals surface area contributed by atoms with Gasteiger partial charge in [0.1, 0.15) is 6.07 Å². The molecule has 0 saturated heterocycles. The zero-order chi connectivity index (χ0) is 8.55. The van der Waals surface area contributed by atoms with Crippen LogP contribution in [0.1, 0.15) is 5.56 Å². The van der Waals surface area contributed by atoms with Gasteiger partial charge in [-0.2, -0.15) is 5.26 Å². The Bertz CT molecular complexity index is 467. The summed E-state index contributed by atoms with van der Waals surface area (Å²) in [4.78, 5) is 3.90. The highest BCUT2D eigenvalue weighted by molar-refractivity contribution is 6.32. The first-order chi connectivity index (χ1) is 5.83. The molecule has 3 nitrogen and oxygen atoms in total. The maximum absolute atomic E-state index is 8.76. The number of fused-ring (bicyclic) bond motifs is 1. The molecule has 0 N–H and O–H groups in total. The molecule has 0 aliphatic rings. The summed E-state index contributed by atoms with van der Waals surface area (Å²) < 4.78 is 1.75. The fourth-order valence-corrected chi connectivity index (χ4v) is 1.27. The molecule has 0 atom stereocenters. The van der Waals surface area contributed by atoms with Gasteiger partial charge in [-0.25, -0.2) is 4.98 Å². The van der Waals surface area contributed by atoms with Gasteiger partial charge in [-0.05, 0) is 6.07 Å².